The number of hydrogen-bond donors (Lipinski definition) is 2. The van der Waals surface area contributed by atoms with Crippen LogP contribution in [0.2, 0.25) is 0 Å². The minimum absolute atomic E-state index is 0.193. The highest BCUT2D eigenvalue weighted by molar-refractivity contribution is 5.97. The molecule has 0 spiro atoms. The Bertz CT molecular complexity index is 1020. The summed E-state index contributed by atoms with van der Waals surface area (Å²) >= 11 is 0. The highest BCUT2D eigenvalue weighted by atomic mass is 16.1. The molecular formula is C18H16N6O. The van der Waals surface area contributed by atoms with Gasteiger partial charge in [-0.15, -0.1) is 0 Å². The molecule has 0 saturated carbocycles. The number of aromatic nitrogens is 5. The lowest BCUT2D eigenvalue weighted by molar-refractivity contribution is 0.0941. The van der Waals surface area contributed by atoms with Crippen molar-refractivity contribution in [2.45, 2.75) is 6.04 Å². The fourth-order valence-corrected chi connectivity index (χ4v) is 2.79. The van der Waals surface area contributed by atoms with E-state index in [4.69, 9.17) is 0 Å². The summed E-state index contributed by atoms with van der Waals surface area (Å²) in [5.74, 6) is 0.573. The van der Waals surface area contributed by atoms with Crippen LogP contribution >= 0.6 is 0 Å². The Labute approximate surface area is 143 Å². The maximum atomic E-state index is 12.8. The average Bonchev–Trinajstić information content (AvgIpc) is 3.28. The second-order valence-corrected chi connectivity index (χ2v) is 5.74. The highest BCUT2D eigenvalue weighted by Crippen LogP contribution is 2.21. The number of nitrogens with one attached hydrogen (secondary N) is 2. The normalized spacial score (nSPS) is 12.2. The maximum absolute atomic E-state index is 12.8. The van der Waals surface area contributed by atoms with E-state index in [0.717, 1.165) is 16.9 Å². The maximum Gasteiger partial charge on any atom is 0.252 e. The number of H-pyrrole nitrogens is 1. The number of carbonyl (C=O) groups is 1. The highest BCUT2D eigenvalue weighted by Gasteiger charge is 2.21. The molecule has 25 heavy (non-hydrogen) atoms. The molecule has 4 aromatic rings. The molecule has 0 saturated heterocycles. The molecule has 0 aliphatic rings. The van der Waals surface area contributed by atoms with Gasteiger partial charge in [0.1, 0.15) is 22.9 Å². The van der Waals surface area contributed by atoms with E-state index in [-0.39, 0.29) is 11.9 Å². The number of carbonyl (C=O) groups excluding carboxylic acids is 1. The molecule has 0 aliphatic heterocycles. The molecule has 2 N–H and O–H groups in total. The number of imidazole rings is 1. The van der Waals surface area contributed by atoms with Crippen LogP contribution in [0.1, 0.15) is 27.8 Å². The monoisotopic (exact) mass is 332 g/mol. The van der Waals surface area contributed by atoms with Crippen molar-refractivity contribution in [2.75, 3.05) is 0 Å². The molecule has 124 valence electrons. The number of nitrogens with zero attached hydrogens (tertiary/aromatic N) is 4. The minimum Gasteiger partial charge on any atom is -0.338 e. The lowest BCUT2D eigenvalue weighted by atomic mass is 10.1. The van der Waals surface area contributed by atoms with E-state index in [1.807, 2.05) is 48.1 Å². The third-order valence-corrected chi connectivity index (χ3v) is 4.10. The van der Waals surface area contributed by atoms with Crippen molar-refractivity contribution in [3.05, 3.63) is 77.9 Å². The van der Waals surface area contributed by atoms with Crippen molar-refractivity contribution in [1.82, 2.24) is 30.3 Å². The summed E-state index contributed by atoms with van der Waals surface area (Å²) in [7, 11) is 1.91. The SMILES string of the molecule is Cn1ccnc1C(NC(=O)c1ccc2n[nH]nc2c1)c1ccccc1. The van der Waals surface area contributed by atoms with Crippen LogP contribution in [0, 0.1) is 0 Å². The van der Waals surface area contributed by atoms with Gasteiger partial charge in [0.25, 0.3) is 5.91 Å². The zero-order valence-corrected chi connectivity index (χ0v) is 13.5. The summed E-state index contributed by atoms with van der Waals surface area (Å²) in [6.07, 6.45) is 3.58. The third kappa shape index (κ3) is 2.87. The van der Waals surface area contributed by atoms with Crippen LogP contribution < -0.4 is 5.32 Å². The van der Waals surface area contributed by atoms with Crippen molar-refractivity contribution in [3.63, 3.8) is 0 Å². The number of rotatable bonds is 4. The Balaban J connectivity index is 1.68. The molecule has 7 heteroatoms. The van der Waals surface area contributed by atoms with E-state index in [2.05, 4.69) is 25.7 Å². The first-order chi connectivity index (χ1) is 12.2. The number of benzene rings is 2. The summed E-state index contributed by atoms with van der Waals surface area (Å²) in [5.41, 5.74) is 2.87. The zero-order valence-electron chi connectivity index (χ0n) is 13.5. The molecular weight excluding hydrogens is 316 g/mol. The molecule has 2 aromatic heterocycles. The van der Waals surface area contributed by atoms with Crippen LogP contribution in [-0.2, 0) is 7.05 Å². The summed E-state index contributed by atoms with van der Waals surface area (Å²) in [6.45, 7) is 0. The Kier molecular flexibility index (Phi) is 3.74. The van der Waals surface area contributed by atoms with Crippen LogP contribution in [0.15, 0.2) is 60.9 Å². The Morgan fingerprint density at radius 1 is 1.12 bits per heavy atom. The molecule has 0 aliphatic carbocycles. The molecule has 0 bridgehead atoms. The van der Waals surface area contributed by atoms with E-state index in [1.165, 1.54) is 0 Å². The predicted molar refractivity (Wildman–Crippen MR) is 92.8 cm³/mol. The first-order valence-corrected chi connectivity index (χ1v) is 7.86. The molecule has 4 rings (SSSR count). The first kappa shape index (κ1) is 15.1. The second kappa shape index (κ2) is 6.20. The average molecular weight is 332 g/mol. The summed E-state index contributed by atoms with van der Waals surface area (Å²) in [6, 6.07) is 14.7. The molecule has 2 aromatic carbocycles. The van der Waals surface area contributed by atoms with Crippen molar-refractivity contribution >= 4 is 16.9 Å². The van der Waals surface area contributed by atoms with Gasteiger partial charge in [-0.1, -0.05) is 30.3 Å². The molecule has 2 heterocycles. The van der Waals surface area contributed by atoms with Gasteiger partial charge in [0.2, 0.25) is 0 Å². The summed E-state index contributed by atoms with van der Waals surface area (Å²) in [5, 5.41) is 13.7. The van der Waals surface area contributed by atoms with Gasteiger partial charge < -0.3 is 9.88 Å². The van der Waals surface area contributed by atoms with Crippen LogP contribution in [-0.4, -0.2) is 30.9 Å². The van der Waals surface area contributed by atoms with Crippen LogP contribution in [0.3, 0.4) is 0 Å². The topological polar surface area (TPSA) is 88.5 Å². The van der Waals surface area contributed by atoms with Crippen molar-refractivity contribution < 1.29 is 4.79 Å². The lowest BCUT2D eigenvalue weighted by Crippen LogP contribution is -2.31. The zero-order chi connectivity index (χ0) is 17.2. The number of hydrogen-bond acceptors (Lipinski definition) is 4. The molecule has 0 fully saturated rings. The van der Waals surface area contributed by atoms with Gasteiger partial charge in [-0.25, -0.2) is 4.98 Å². The number of amides is 1. The van der Waals surface area contributed by atoms with Crippen molar-refractivity contribution in [2.24, 2.45) is 7.05 Å². The van der Waals surface area contributed by atoms with E-state index in [0.29, 0.717) is 11.1 Å². The molecule has 1 unspecified atom stereocenters. The fourth-order valence-electron chi connectivity index (χ4n) is 2.79. The van der Waals surface area contributed by atoms with Gasteiger partial charge in [-0.05, 0) is 23.8 Å². The standard InChI is InChI=1S/C18H16N6O/c1-24-10-9-19-17(24)16(12-5-3-2-4-6-12)20-18(25)13-7-8-14-15(11-13)22-23-21-14/h2-11,16H,1H3,(H,20,25)(H,21,22,23). The summed E-state index contributed by atoms with van der Waals surface area (Å²) in [4.78, 5) is 17.2. The number of aromatic amines is 1. The van der Waals surface area contributed by atoms with Crippen LogP contribution in [0.25, 0.3) is 11.0 Å². The van der Waals surface area contributed by atoms with E-state index in [1.54, 1.807) is 24.4 Å². The van der Waals surface area contributed by atoms with Crippen LogP contribution in [0.4, 0.5) is 0 Å². The number of aryl methyl sites for hydroxylation is 1. The second-order valence-electron chi connectivity index (χ2n) is 5.74. The van der Waals surface area contributed by atoms with Gasteiger partial charge in [0, 0.05) is 25.0 Å². The first-order valence-electron chi connectivity index (χ1n) is 7.86. The quantitative estimate of drug-likeness (QED) is 0.600. The number of fused-ring (bicyclic) bond motifs is 1. The van der Waals surface area contributed by atoms with E-state index in [9.17, 15) is 4.79 Å². The van der Waals surface area contributed by atoms with Gasteiger partial charge in [-0.3, -0.25) is 4.79 Å². The van der Waals surface area contributed by atoms with Gasteiger partial charge in [-0.2, -0.15) is 15.4 Å². The summed E-state index contributed by atoms with van der Waals surface area (Å²) < 4.78 is 1.90. The van der Waals surface area contributed by atoms with Crippen molar-refractivity contribution in [1.29, 1.82) is 0 Å². The molecule has 1 atom stereocenters. The van der Waals surface area contributed by atoms with Gasteiger partial charge in [0.15, 0.2) is 0 Å². The molecule has 7 nitrogen and oxygen atoms in total. The van der Waals surface area contributed by atoms with Gasteiger partial charge in [0.05, 0.1) is 0 Å². The Hall–Kier alpha value is -3.48. The molecule has 1 amide bonds. The molecule has 0 radical (unpaired) electrons. The fraction of sp³-hybridized carbons (Fsp3) is 0.111. The minimum atomic E-state index is -0.346. The van der Waals surface area contributed by atoms with E-state index < -0.39 is 0 Å². The predicted octanol–water partition coefficient (Wildman–Crippen LogP) is 2.21. The smallest absolute Gasteiger partial charge is 0.252 e. The van der Waals surface area contributed by atoms with E-state index >= 15 is 0 Å². The van der Waals surface area contributed by atoms with Crippen LogP contribution in [0.5, 0.6) is 0 Å². The Morgan fingerprint density at radius 2 is 1.92 bits per heavy atom. The van der Waals surface area contributed by atoms with Gasteiger partial charge >= 0.3 is 0 Å². The largest absolute Gasteiger partial charge is 0.338 e. The third-order valence-electron chi connectivity index (χ3n) is 4.10. The Morgan fingerprint density at radius 3 is 2.68 bits per heavy atom. The lowest BCUT2D eigenvalue weighted by Gasteiger charge is -2.19. The van der Waals surface area contributed by atoms with Crippen molar-refractivity contribution in [3.8, 4) is 0 Å².